The van der Waals surface area contributed by atoms with Crippen molar-refractivity contribution in [2.24, 2.45) is 0 Å². The zero-order valence-electron chi connectivity index (χ0n) is 16.9. The van der Waals surface area contributed by atoms with E-state index in [0.717, 1.165) is 4.90 Å². The molecule has 31 heavy (non-hydrogen) atoms. The minimum absolute atomic E-state index is 0.139. The number of halogens is 1. The molecule has 9 nitrogen and oxygen atoms in total. The fourth-order valence-electron chi connectivity index (χ4n) is 3.19. The molecule has 1 fully saturated rings. The Morgan fingerprint density at radius 3 is 2.71 bits per heavy atom. The van der Waals surface area contributed by atoms with Gasteiger partial charge in [0.1, 0.15) is 6.04 Å². The zero-order valence-corrected chi connectivity index (χ0v) is 17.6. The van der Waals surface area contributed by atoms with E-state index in [-0.39, 0.29) is 12.3 Å². The van der Waals surface area contributed by atoms with E-state index >= 15 is 0 Å². The molecular weight excluding hydrogens is 426 g/mol. The van der Waals surface area contributed by atoms with E-state index in [4.69, 9.17) is 20.8 Å². The first kappa shape index (κ1) is 22.4. The van der Waals surface area contributed by atoms with Crippen LogP contribution in [0.15, 0.2) is 47.1 Å². The fraction of sp³-hybridized carbons (Fsp3) is 0.333. The highest BCUT2D eigenvalue weighted by atomic mass is 35.5. The van der Waals surface area contributed by atoms with Crippen LogP contribution < -0.4 is 5.32 Å². The van der Waals surface area contributed by atoms with Gasteiger partial charge in [0, 0.05) is 13.6 Å². The number of likely N-dealkylation sites (tertiary alicyclic amines) is 1. The Labute approximate surface area is 183 Å². The van der Waals surface area contributed by atoms with Crippen molar-refractivity contribution in [1.29, 1.82) is 0 Å². The number of hydrogen-bond donors (Lipinski definition) is 1. The highest BCUT2D eigenvalue weighted by Gasteiger charge is 2.37. The number of carbonyl (C=O) groups excluding carboxylic acids is 4. The number of carbonyl (C=O) groups is 4. The van der Waals surface area contributed by atoms with E-state index in [9.17, 15) is 19.2 Å². The van der Waals surface area contributed by atoms with Crippen LogP contribution in [0.2, 0.25) is 5.02 Å². The number of nitrogens with zero attached hydrogens (tertiary/aromatic N) is 2. The Balaban J connectivity index is 1.48. The summed E-state index contributed by atoms with van der Waals surface area (Å²) in [5.41, 5.74) is 0.434. The number of furan rings is 1. The first-order valence-corrected chi connectivity index (χ1v) is 10.0. The molecule has 1 saturated heterocycles. The summed E-state index contributed by atoms with van der Waals surface area (Å²) in [4.78, 5) is 51.8. The van der Waals surface area contributed by atoms with Gasteiger partial charge in [0.15, 0.2) is 12.4 Å². The molecule has 0 aliphatic carbocycles. The molecule has 0 spiro atoms. The topological polar surface area (TPSA) is 109 Å². The summed E-state index contributed by atoms with van der Waals surface area (Å²) in [7, 11) is 1.42. The average Bonchev–Trinajstić information content (AvgIpc) is 3.45. The van der Waals surface area contributed by atoms with Crippen LogP contribution in [0.3, 0.4) is 0 Å². The second-order valence-electron chi connectivity index (χ2n) is 7.02. The van der Waals surface area contributed by atoms with Crippen molar-refractivity contribution in [3.05, 3.63) is 53.4 Å². The van der Waals surface area contributed by atoms with Crippen LogP contribution in [0, 0.1) is 0 Å². The second kappa shape index (κ2) is 10.1. The van der Waals surface area contributed by atoms with Gasteiger partial charge in [-0.1, -0.05) is 23.7 Å². The molecule has 2 heterocycles. The summed E-state index contributed by atoms with van der Waals surface area (Å²) in [6.45, 7) is -0.377. The van der Waals surface area contributed by atoms with Gasteiger partial charge in [-0.3, -0.25) is 14.4 Å². The SMILES string of the molecule is CN(CC(=O)Nc1ccccc1Cl)C(=O)COC(=O)[C@@H]1CCCN1C(=O)c1ccco1. The Bertz CT molecular complexity index is 962. The lowest BCUT2D eigenvalue weighted by atomic mass is 10.2. The Kier molecular flexibility index (Phi) is 7.30. The lowest BCUT2D eigenvalue weighted by molar-refractivity contribution is -0.155. The van der Waals surface area contributed by atoms with Crippen LogP contribution in [0.1, 0.15) is 23.4 Å². The second-order valence-corrected chi connectivity index (χ2v) is 7.43. The molecule has 0 radical (unpaired) electrons. The number of esters is 1. The summed E-state index contributed by atoms with van der Waals surface area (Å²) in [6.07, 6.45) is 2.46. The molecule has 0 saturated carbocycles. The van der Waals surface area contributed by atoms with Gasteiger partial charge >= 0.3 is 5.97 Å². The third-order valence-electron chi connectivity index (χ3n) is 4.81. The normalized spacial score (nSPS) is 15.4. The molecule has 1 aliphatic heterocycles. The highest BCUT2D eigenvalue weighted by molar-refractivity contribution is 6.33. The minimum atomic E-state index is -0.778. The fourth-order valence-corrected chi connectivity index (χ4v) is 3.37. The van der Waals surface area contributed by atoms with Crippen LogP contribution in [0.25, 0.3) is 0 Å². The summed E-state index contributed by atoms with van der Waals surface area (Å²) >= 11 is 5.99. The number of benzene rings is 1. The zero-order chi connectivity index (χ0) is 22.4. The standard InChI is InChI=1S/C21H22ClN3O6/c1-24(12-18(26)23-15-7-3-2-6-14(15)22)19(27)13-31-21(29)16-8-4-10-25(16)20(28)17-9-5-11-30-17/h2-3,5-7,9,11,16H,4,8,10,12-13H2,1H3,(H,23,26)/t16-/m0/s1. The minimum Gasteiger partial charge on any atom is -0.459 e. The molecule has 0 bridgehead atoms. The molecule has 1 aromatic carbocycles. The molecular formula is C21H22ClN3O6. The molecule has 0 unspecified atom stereocenters. The third kappa shape index (κ3) is 5.64. The van der Waals surface area contributed by atoms with E-state index < -0.39 is 36.3 Å². The van der Waals surface area contributed by atoms with Crippen LogP contribution in [-0.4, -0.2) is 66.3 Å². The molecule has 2 aromatic rings. The predicted molar refractivity (Wildman–Crippen MR) is 111 cm³/mol. The summed E-state index contributed by atoms with van der Waals surface area (Å²) in [5.74, 6) is -1.92. The quantitative estimate of drug-likeness (QED) is 0.651. The molecule has 1 atom stereocenters. The van der Waals surface area contributed by atoms with Crippen molar-refractivity contribution in [1.82, 2.24) is 9.80 Å². The molecule has 10 heteroatoms. The van der Waals surface area contributed by atoms with Gasteiger partial charge in [-0.25, -0.2) is 4.79 Å². The molecule has 1 aromatic heterocycles. The number of likely N-dealkylation sites (N-methyl/N-ethyl adjacent to an activating group) is 1. The summed E-state index contributed by atoms with van der Waals surface area (Å²) in [5, 5.41) is 2.99. The van der Waals surface area contributed by atoms with Gasteiger partial charge in [0.05, 0.1) is 23.5 Å². The Hall–Kier alpha value is -3.33. The van der Waals surface area contributed by atoms with Gasteiger partial charge in [0.25, 0.3) is 11.8 Å². The molecule has 1 aliphatic rings. The van der Waals surface area contributed by atoms with Crippen molar-refractivity contribution in [3.8, 4) is 0 Å². The predicted octanol–water partition coefficient (Wildman–Crippen LogP) is 2.18. The van der Waals surface area contributed by atoms with Gasteiger partial charge < -0.3 is 24.3 Å². The maximum atomic E-state index is 12.5. The summed E-state index contributed by atoms with van der Waals surface area (Å²) in [6, 6.07) is 9.06. The van der Waals surface area contributed by atoms with Gasteiger partial charge in [-0.05, 0) is 37.1 Å². The maximum absolute atomic E-state index is 12.5. The third-order valence-corrected chi connectivity index (χ3v) is 5.14. The van der Waals surface area contributed by atoms with Crippen molar-refractivity contribution < 1.29 is 28.3 Å². The molecule has 164 valence electrons. The van der Waals surface area contributed by atoms with Crippen LogP contribution in [0.5, 0.6) is 0 Å². The lowest BCUT2D eigenvalue weighted by Gasteiger charge is -2.23. The number of nitrogens with one attached hydrogen (secondary N) is 1. The van der Waals surface area contributed by atoms with E-state index in [0.29, 0.717) is 30.1 Å². The Morgan fingerprint density at radius 1 is 1.23 bits per heavy atom. The number of para-hydroxylation sites is 1. The van der Waals surface area contributed by atoms with Crippen molar-refractivity contribution in [2.45, 2.75) is 18.9 Å². The van der Waals surface area contributed by atoms with E-state index in [1.54, 1.807) is 30.3 Å². The monoisotopic (exact) mass is 447 g/mol. The van der Waals surface area contributed by atoms with Gasteiger partial charge in [-0.15, -0.1) is 0 Å². The van der Waals surface area contributed by atoms with Crippen molar-refractivity contribution >= 4 is 41.0 Å². The summed E-state index contributed by atoms with van der Waals surface area (Å²) < 4.78 is 10.2. The average molecular weight is 448 g/mol. The number of ether oxygens (including phenoxy) is 1. The van der Waals surface area contributed by atoms with Gasteiger partial charge in [-0.2, -0.15) is 0 Å². The number of amides is 3. The molecule has 3 rings (SSSR count). The molecule has 1 N–H and O–H groups in total. The largest absolute Gasteiger partial charge is 0.459 e. The first-order chi connectivity index (χ1) is 14.9. The van der Waals surface area contributed by atoms with E-state index in [2.05, 4.69) is 5.32 Å². The first-order valence-electron chi connectivity index (χ1n) is 9.66. The molecule has 3 amide bonds. The number of anilines is 1. The number of hydrogen-bond acceptors (Lipinski definition) is 6. The van der Waals surface area contributed by atoms with Gasteiger partial charge in [0.2, 0.25) is 5.91 Å². The van der Waals surface area contributed by atoms with Crippen LogP contribution in [0.4, 0.5) is 5.69 Å². The smallest absolute Gasteiger partial charge is 0.329 e. The van der Waals surface area contributed by atoms with E-state index in [1.165, 1.54) is 24.3 Å². The van der Waals surface area contributed by atoms with E-state index in [1.807, 2.05) is 0 Å². The maximum Gasteiger partial charge on any atom is 0.329 e. The lowest BCUT2D eigenvalue weighted by Crippen LogP contribution is -2.43. The van der Waals surface area contributed by atoms with Crippen molar-refractivity contribution in [3.63, 3.8) is 0 Å². The number of rotatable bonds is 7. The van der Waals surface area contributed by atoms with Crippen molar-refractivity contribution in [2.75, 3.05) is 32.1 Å². The Morgan fingerprint density at radius 2 is 2.00 bits per heavy atom. The highest BCUT2D eigenvalue weighted by Crippen LogP contribution is 2.22. The van der Waals surface area contributed by atoms with Crippen LogP contribution >= 0.6 is 11.6 Å². The van der Waals surface area contributed by atoms with Crippen LogP contribution in [-0.2, 0) is 19.1 Å².